The third-order valence-corrected chi connectivity index (χ3v) is 3.13. The largest absolute Gasteiger partial charge is 0.480 e. The van der Waals surface area contributed by atoms with E-state index in [9.17, 15) is 9.59 Å². The van der Waals surface area contributed by atoms with Crippen LogP contribution in [0.3, 0.4) is 0 Å². The number of carbonyl (C=O) groups excluding carboxylic acids is 1. The smallest absolute Gasteiger partial charge is 0.323 e. The lowest BCUT2D eigenvalue weighted by Gasteiger charge is -2.20. The van der Waals surface area contributed by atoms with Crippen LogP contribution in [0, 0.1) is 0 Å². The molecule has 0 atom stereocenters. The SMILES string of the molecule is CCCCc1ccc(C(=O)N(CCC)CC(=O)O)cc1. The molecule has 0 aliphatic heterocycles. The molecule has 0 saturated carbocycles. The molecule has 1 aromatic carbocycles. The number of aryl methyl sites for hydroxylation is 1. The van der Waals surface area contributed by atoms with Crippen LogP contribution in [-0.2, 0) is 11.2 Å². The number of amides is 1. The Labute approximate surface area is 120 Å². The van der Waals surface area contributed by atoms with E-state index >= 15 is 0 Å². The van der Waals surface area contributed by atoms with Gasteiger partial charge in [-0.3, -0.25) is 9.59 Å². The number of unbranched alkanes of at least 4 members (excludes halogenated alkanes) is 1. The summed E-state index contributed by atoms with van der Waals surface area (Å²) >= 11 is 0. The Kier molecular flexibility index (Phi) is 6.77. The van der Waals surface area contributed by atoms with E-state index in [1.165, 1.54) is 10.5 Å². The first-order valence-electron chi connectivity index (χ1n) is 7.18. The molecular weight excluding hydrogens is 254 g/mol. The summed E-state index contributed by atoms with van der Waals surface area (Å²) in [6.45, 7) is 4.29. The number of rotatable bonds is 8. The number of nitrogens with zero attached hydrogens (tertiary/aromatic N) is 1. The van der Waals surface area contributed by atoms with Crippen molar-refractivity contribution in [1.82, 2.24) is 4.90 Å². The number of carboxylic acid groups (broad SMARTS) is 1. The molecule has 0 heterocycles. The topological polar surface area (TPSA) is 57.6 Å². The van der Waals surface area contributed by atoms with Gasteiger partial charge in [0, 0.05) is 12.1 Å². The van der Waals surface area contributed by atoms with Crippen molar-refractivity contribution in [3.63, 3.8) is 0 Å². The zero-order valence-electron chi connectivity index (χ0n) is 12.3. The van der Waals surface area contributed by atoms with E-state index in [1.807, 2.05) is 19.1 Å². The summed E-state index contributed by atoms with van der Waals surface area (Å²) < 4.78 is 0. The molecule has 1 rings (SSSR count). The van der Waals surface area contributed by atoms with Gasteiger partial charge in [0.15, 0.2) is 0 Å². The van der Waals surface area contributed by atoms with Gasteiger partial charge in [-0.2, -0.15) is 0 Å². The molecule has 0 unspecified atom stereocenters. The van der Waals surface area contributed by atoms with Gasteiger partial charge >= 0.3 is 5.97 Å². The van der Waals surface area contributed by atoms with Crippen LogP contribution in [-0.4, -0.2) is 35.0 Å². The Morgan fingerprint density at radius 1 is 1.10 bits per heavy atom. The summed E-state index contributed by atoms with van der Waals surface area (Å²) in [5, 5.41) is 8.85. The summed E-state index contributed by atoms with van der Waals surface area (Å²) in [6, 6.07) is 7.48. The molecular formula is C16H23NO3. The normalized spacial score (nSPS) is 10.3. The maximum Gasteiger partial charge on any atom is 0.323 e. The summed E-state index contributed by atoms with van der Waals surface area (Å²) in [6.07, 6.45) is 4.03. The maximum absolute atomic E-state index is 12.3. The van der Waals surface area contributed by atoms with Crippen molar-refractivity contribution in [1.29, 1.82) is 0 Å². The predicted octanol–water partition coefficient (Wildman–Crippen LogP) is 2.97. The second-order valence-electron chi connectivity index (χ2n) is 4.92. The molecule has 1 amide bonds. The molecule has 4 nitrogen and oxygen atoms in total. The zero-order valence-corrected chi connectivity index (χ0v) is 12.3. The van der Waals surface area contributed by atoms with Crippen LogP contribution >= 0.6 is 0 Å². The first kappa shape index (κ1) is 16.2. The second kappa shape index (κ2) is 8.35. The average Bonchev–Trinajstić information content (AvgIpc) is 2.44. The van der Waals surface area contributed by atoms with E-state index in [0.717, 1.165) is 25.7 Å². The third-order valence-electron chi connectivity index (χ3n) is 3.13. The van der Waals surface area contributed by atoms with Gasteiger partial charge in [-0.25, -0.2) is 0 Å². The lowest BCUT2D eigenvalue weighted by atomic mass is 10.1. The number of aliphatic carboxylic acids is 1. The van der Waals surface area contributed by atoms with Crippen LogP contribution in [0.4, 0.5) is 0 Å². The van der Waals surface area contributed by atoms with Crippen LogP contribution in [0.5, 0.6) is 0 Å². The Hall–Kier alpha value is -1.84. The molecule has 0 spiro atoms. The molecule has 0 bridgehead atoms. The second-order valence-corrected chi connectivity index (χ2v) is 4.92. The van der Waals surface area contributed by atoms with Crippen molar-refractivity contribution < 1.29 is 14.7 Å². The molecule has 110 valence electrons. The Morgan fingerprint density at radius 2 is 1.75 bits per heavy atom. The van der Waals surface area contributed by atoms with Crippen molar-refractivity contribution in [3.8, 4) is 0 Å². The van der Waals surface area contributed by atoms with Crippen LogP contribution in [0.1, 0.15) is 49.0 Å². The quantitative estimate of drug-likeness (QED) is 0.794. The highest BCUT2D eigenvalue weighted by Crippen LogP contribution is 2.10. The molecule has 0 aliphatic rings. The van der Waals surface area contributed by atoms with Crippen LogP contribution in [0.2, 0.25) is 0 Å². The average molecular weight is 277 g/mol. The first-order chi connectivity index (χ1) is 9.58. The van der Waals surface area contributed by atoms with Gasteiger partial charge in [-0.05, 0) is 37.0 Å². The van der Waals surface area contributed by atoms with Crippen LogP contribution in [0.25, 0.3) is 0 Å². The summed E-state index contributed by atoms with van der Waals surface area (Å²) in [4.78, 5) is 24.4. The molecule has 0 fully saturated rings. The van der Waals surface area contributed by atoms with Gasteiger partial charge in [0.25, 0.3) is 5.91 Å². The minimum atomic E-state index is -0.980. The molecule has 20 heavy (non-hydrogen) atoms. The zero-order chi connectivity index (χ0) is 15.0. The van der Waals surface area contributed by atoms with Crippen molar-refractivity contribution in [2.24, 2.45) is 0 Å². The minimum Gasteiger partial charge on any atom is -0.480 e. The predicted molar refractivity (Wildman–Crippen MR) is 78.9 cm³/mol. The Morgan fingerprint density at radius 3 is 2.25 bits per heavy atom. The van der Waals surface area contributed by atoms with Crippen molar-refractivity contribution >= 4 is 11.9 Å². The van der Waals surface area contributed by atoms with E-state index in [1.54, 1.807) is 12.1 Å². The summed E-state index contributed by atoms with van der Waals surface area (Å²) in [5.74, 6) is -1.19. The van der Waals surface area contributed by atoms with Gasteiger partial charge in [0.05, 0.1) is 0 Å². The fourth-order valence-electron chi connectivity index (χ4n) is 2.06. The van der Waals surface area contributed by atoms with E-state index in [-0.39, 0.29) is 12.5 Å². The molecule has 4 heteroatoms. The lowest BCUT2D eigenvalue weighted by Crippen LogP contribution is -2.36. The number of benzene rings is 1. The number of hydrogen-bond donors (Lipinski definition) is 1. The monoisotopic (exact) mass is 277 g/mol. The molecule has 1 aromatic rings. The van der Waals surface area contributed by atoms with Gasteiger partial charge in [0.2, 0.25) is 0 Å². The van der Waals surface area contributed by atoms with Gasteiger partial charge in [-0.1, -0.05) is 32.4 Å². The number of hydrogen-bond acceptors (Lipinski definition) is 2. The van der Waals surface area contributed by atoms with Gasteiger partial charge < -0.3 is 10.0 Å². The molecule has 0 radical (unpaired) electrons. The molecule has 0 saturated heterocycles. The van der Waals surface area contributed by atoms with E-state index in [2.05, 4.69) is 6.92 Å². The van der Waals surface area contributed by atoms with Crippen molar-refractivity contribution in [3.05, 3.63) is 35.4 Å². The van der Waals surface area contributed by atoms with E-state index < -0.39 is 5.97 Å². The van der Waals surface area contributed by atoms with Gasteiger partial charge in [0.1, 0.15) is 6.54 Å². The van der Waals surface area contributed by atoms with Crippen molar-refractivity contribution in [2.45, 2.75) is 39.5 Å². The van der Waals surface area contributed by atoms with Crippen molar-refractivity contribution in [2.75, 3.05) is 13.1 Å². The highest BCUT2D eigenvalue weighted by atomic mass is 16.4. The fourth-order valence-corrected chi connectivity index (χ4v) is 2.06. The molecule has 0 aromatic heterocycles. The third kappa shape index (κ3) is 5.03. The standard InChI is InChI=1S/C16H23NO3/c1-3-5-6-13-7-9-14(10-8-13)16(20)17(11-4-2)12-15(18)19/h7-10H,3-6,11-12H2,1-2H3,(H,18,19). The highest BCUT2D eigenvalue weighted by molar-refractivity contribution is 5.95. The van der Waals surface area contributed by atoms with Crippen LogP contribution < -0.4 is 0 Å². The molecule has 1 N–H and O–H groups in total. The van der Waals surface area contributed by atoms with E-state index in [4.69, 9.17) is 5.11 Å². The fraction of sp³-hybridized carbons (Fsp3) is 0.500. The first-order valence-corrected chi connectivity index (χ1v) is 7.18. The number of carbonyl (C=O) groups is 2. The summed E-state index contributed by atoms with van der Waals surface area (Å²) in [7, 11) is 0. The van der Waals surface area contributed by atoms with E-state index in [0.29, 0.717) is 12.1 Å². The minimum absolute atomic E-state index is 0.212. The summed E-state index contributed by atoms with van der Waals surface area (Å²) in [5.41, 5.74) is 1.77. The highest BCUT2D eigenvalue weighted by Gasteiger charge is 2.17. The Bertz CT molecular complexity index is 440. The lowest BCUT2D eigenvalue weighted by molar-refractivity contribution is -0.137. The number of carboxylic acids is 1. The molecule has 0 aliphatic carbocycles. The maximum atomic E-state index is 12.3. The van der Waals surface area contributed by atoms with Gasteiger partial charge in [-0.15, -0.1) is 0 Å². The Balaban J connectivity index is 2.75. The van der Waals surface area contributed by atoms with Crippen LogP contribution in [0.15, 0.2) is 24.3 Å².